The van der Waals surface area contributed by atoms with Crippen LogP contribution >= 0.6 is 11.3 Å². The molecular formula is C17H28N2OS. The first-order valence-corrected chi connectivity index (χ1v) is 8.92. The van der Waals surface area contributed by atoms with Crippen LogP contribution in [0.2, 0.25) is 0 Å². The van der Waals surface area contributed by atoms with Crippen LogP contribution in [-0.2, 0) is 11.2 Å². The average molecular weight is 308 g/mol. The first-order chi connectivity index (χ1) is 10.1. The smallest absolute Gasteiger partial charge is 0.223 e. The van der Waals surface area contributed by atoms with Crippen molar-refractivity contribution in [2.75, 3.05) is 13.6 Å². The van der Waals surface area contributed by atoms with Crippen LogP contribution in [0.15, 0.2) is 17.5 Å². The van der Waals surface area contributed by atoms with Gasteiger partial charge in [0.1, 0.15) is 0 Å². The van der Waals surface area contributed by atoms with Gasteiger partial charge in [-0.25, -0.2) is 0 Å². The fourth-order valence-corrected chi connectivity index (χ4v) is 4.13. The Kier molecular flexibility index (Phi) is 5.82. The molecule has 1 aliphatic rings. The normalized spacial score (nSPS) is 19.2. The van der Waals surface area contributed by atoms with Crippen molar-refractivity contribution >= 4 is 17.2 Å². The SMILES string of the molecule is CC(Cc1cccs1)N(C)C(=O)CC1(CN)CCCCC1. The lowest BCUT2D eigenvalue weighted by Crippen LogP contribution is -2.42. The maximum absolute atomic E-state index is 12.6. The third-order valence-corrected chi connectivity index (χ3v) is 5.90. The highest BCUT2D eigenvalue weighted by Gasteiger charge is 2.34. The second-order valence-corrected chi connectivity index (χ2v) is 7.61. The van der Waals surface area contributed by atoms with E-state index in [-0.39, 0.29) is 17.4 Å². The molecule has 0 saturated heterocycles. The van der Waals surface area contributed by atoms with E-state index >= 15 is 0 Å². The van der Waals surface area contributed by atoms with E-state index in [1.807, 2.05) is 11.9 Å². The van der Waals surface area contributed by atoms with Gasteiger partial charge in [-0.3, -0.25) is 4.79 Å². The van der Waals surface area contributed by atoms with Crippen molar-refractivity contribution in [2.45, 2.75) is 57.9 Å². The molecule has 1 fully saturated rings. The molecule has 1 aliphatic carbocycles. The number of carbonyl (C=O) groups excluding carboxylic acids is 1. The zero-order chi connectivity index (χ0) is 15.3. The molecule has 1 saturated carbocycles. The Morgan fingerprint density at radius 2 is 2.14 bits per heavy atom. The summed E-state index contributed by atoms with van der Waals surface area (Å²) in [4.78, 5) is 15.9. The molecule has 4 heteroatoms. The van der Waals surface area contributed by atoms with Gasteiger partial charge >= 0.3 is 0 Å². The summed E-state index contributed by atoms with van der Waals surface area (Å²) in [5.74, 6) is 0.256. The second-order valence-electron chi connectivity index (χ2n) is 6.58. The molecule has 0 aliphatic heterocycles. The Labute approximate surface area is 132 Å². The van der Waals surface area contributed by atoms with Crippen LogP contribution in [-0.4, -0.2) is 30.4 Å². The standard InChI is InChI=1S/C17H28N2OS/c1-14(11-15-7-6-10-21-15)19(2)16(20)12-17(13-18)8-4-3-5-9-17/h6-7,10,14H,3-5,8-9,11-13,18H2,1-2H3. The number of likely N-dealkylation sites (N-methyl/N-ethyl adjacent to an activating group) is 1. The van der Waals surface area contributed by atoms with Crippen LogP contribution in [0, 0.1) is 5.41 Å². The summed E-state index contributed by atoms with van der Waals surface area (Å²) in [5, 5.41) is 2.09. The molecule has 1 heterocycles. The predicted molar refractivity (Wildman–Crippen MR) is 89.4 cm³/mol. The summed E-state index contributed by atoms with van der Waals surface area (Å²) >= 11 is 1.76. The molecule has 1 unspecified atom stereocenters. The van der Waals surface area contributed by atoms with E-state index in [1.165, 1.54) is 24.1 Å². The molecule has 1 atom stereocenters. The molecule has 3 nitrogen and oxygen atoms in total. The molecule has 1 aromatic rings. The van der Waals surface area contributed by atoms with Gasteiger partial charge in [0.15, 0.2) is 0 Å². The molecule has 2 N–H and O–H groups in total. The van der Waals surface area contributed by atoms with Gasteiger partial charge in [0.2, 0.25) is 5.91 Å². The lowest BCUT2D eigenvalue weighted by atomic mass is 9.71. The number of hydrogen-bond donors (Lipinski definition) is 1. The van der Waals surface area contributed by atoms with E-state index in [4.69, 9.17) is 5.73 Å². The monoisotopic (exact) mass is 308 g/mol. The lowest BCUT2D eigenvalue weighted by molar-refractivity contribution is -0.134. The summed E-state index contributed by atoms with van der Waals surface area (Å²) in [5.41, 5.74) is 6.07. The maximum atomic E-state index is 12.6. The molecule has 0 aromatic carbocycles. The van der Waals surface area contributed by atoms with E-state index in [9.17, 15) is 4.79 Å². The number of amides is 1. The van der Waals surface area contributed by atoms with Gasteiger partial charge in [-0.15, -0.1) is 11.3 Å². The van der Waals surface area contributed by atoms with Gasteiger partial charge < -0.3 is 10.6 Å². The molecule has 0 bridgehead atoms. The number of hydrogen-bond acceptors (Lipinski definition) is 3. The quantitative estimate of drug-likeness (QED) is 0.875. The molecule has 1 amide bonds. The Hall–Kier alpha value is -0.870. The van der Waals surface area contributed by atoms with Crippen molar-refractivity contribution in [1.82, 2.24) is 4.90 Å². The average Bonchev–Trinajstić information content (AvgIpc) is 3.00. The maximum Gasteiger partial charge on any atom is 0.223 e. The Morgan fingerprint density at radius 1 is 1.43 bits per heavy atom. The highest BCUT2D eigenvalue weighted by molar-refractivity contribution is 7.09. The van der Waals surface area contributed by atoms with Crippen LogP contribution in [0.5, 0.6) is 0 Å². The van der Waals surface area contributed by atoms with E-state index in [2.05, 4.69) is 24.4 Å². The van der Waals surface area contributed by atoms with Crippen molar-refractivity contribution in [3.05, 3.63) is 22.4 Å². The molecule has 21 heavy (non-hydrogen) atoms. The molecule has 2 rings (SSSR count). The predicted octanol–water partition coefficient (Wildman–Crippen LogP) is 3.44. The molecular weight excluding hydrogens is 280 g/mol. The minimum atomic E-state index is 0.0618. The summed E-state index contributed by atoms with van der Waals surface area (Å²) in [6.45, 7) is 2.78. The minimum Gasteiger partial charge on any atom is -0.343 e. The zero-order valence-electron chi connectivity index (χ0n) is 13.3. The van der Waals surface area contributed by atoms with Crippen molar-refractivity contribution in [2.24, 2.45) is 11.1 Å². The number of thiophene rings is 1. The third-order valence-electron chi connectivity index (χ3n) is 5.00. The number of carbonyl (C=O) groups is 1. The molecule has 0 radical (unpaired) electrons. The lowest BCUT2D eigenvalue weighted by Gasteiger charge is -2.37. The summed E-state index contributed by atoms with van der Waals surface area (Å²) in [7, 11) is 1.94. The van der Waals surface area contributed by atoms with E-state index in [1.54, 1.807) is 11.3 Å². The Balaban J connectivity index is 1.91. The van der Waals surface area contributed by atoms with Crippen molar-refractivity contribution in [1.29, 1.82) is 0 Å². The van der Waals surface area contributed by atoms with Gasteiger partial charge in [0.25, 0.3) is 0 Å². The van der Waals surface area contributed by atoms with Gasteiger partial charge in [-0.05, 0) is 43.2 Å². The van der Waals surface area contributed by atoms with E-state index in [0.29, 0.717) is 13.0 Å². The number of nitrogens with zero attached hydrogens (tertiary/aromatic N) is 1. The van der Waals surface area contributed by atoms with Crippen LogP contribution in [0.25, 0.3) is 0 Å². The first-order valence-electron chi connectivity index (χ1n) is 8.04. The van der Waals surface area contributed by atoms with Crippen LogP contribution in [0.4, 0.5) is 0 Å². The summed E-state index contributed by atoms with van der Waals surface area (Å²) < 4.78 is 0. The van der Waals surface area contributed by atoms with Crippen LogP contribution in [0.3, 0.4) is 0 Å². The topological polar surface area (TPSA) is 46.3 Å². The minimum absolute atomic E-state index is 0.0618. The third kappa shape index (κ3) is 4.30. The van der Waals surface area contributed by atoms with Gasteiger partial charge in [0, 0.05) is 30.8 Å². The summed E-state index contributed by atoms with van der Waals surface area (Å²) in [6, 6.07) is 4.46. The molecule has 118 valence electrons. The zero-order valence-corrected chi connectivity index (χ0v) is 14.1. The number of nitrogens with two attached hydrogens (primary N) is 1. The van der Waals surface area contributed by atoms with Crippen LogP contribution < -0.4 is 5.73 Å². The number of rotatable bonds is 6. The van der Waals surface area contributed by atoms with E-state index in [0.717, 1.165) is 19.3 Å². The molecule has 1 aromatic heterocycles. The Bertz CT molecular complexity index is 438. The fraction of sp³-hybridized carbons (Fsp3) is 0.706. The highest BCUT2D eigenvalue weighted by Crippen LogP contribution is 2.38. The highest BCUT2D eigenvalue weighted by atomic mass is 32.1. The van der Waals surface area contributed by atoms with Crippen molar-refractivity contribution in [3.8, 4) is 0 Å². The molecule has 0 spiro atoms. The van der Waals surface area contributed by atoms with Gasteiger partial charge in [-0.1, -0.05) is 25.3 Å². The van der Waals surface area contributed by atoms with Crippen molar-refractivity contribution in [3.63, 3.8) is 0 Å². The van der Waals surface area contributed by atoms with E-state index < -0.39 is 0 Å². The largest absolute Gasteiger partial charge is 0.343 e. The van der Waals surface area contributed by atoms with Crippen LogP contribution in [0.1, 0.15) is 50.3 Å². The Morgan fingerprint density at radius 3 is 2.71 bits per heavy atom. The van der Waals surface area contributed by atoms with Crippen molar-refractivity contribution < 1.29 is 4.79 Å². The summed E-state index contributed by atoms with van der Waals surface area (Å²) in [6.07, 6.45) is 7.52. The fourth-order valence-electron chi connectivity index (χ4n) is 3.30. The van der Waals surface area contributed by atoms with Gasteiger partial charge in [-0.2, -0.15) is 0 Å². The second kappa shape index (κ2) is 7.41. The first kappa shape index (κ1) is 16.5. The van der Waals surface area contributed by atoms with Gasteiger partial charge in [0.05, 0.1) is 0 Å².